The van der Waals surface area contributed by atoms with E-state index in [1.54, 1.807) is 0 Å². The van der Waals surface area contributed by atoms with Crippen molar-refractivity contribution in [1.29, 1.82) is 0 Å². The number of anilines is 1. The summed E-state index contributed by atoms with van der Waals surface area (Å²) in [5, 5.41) is 23.1. The molecule has 2 fully saturated rings. The van der Waals surface area contributed by atoms with Crippen LogP contribution in [0.2, 0.25) is 0 Å². The number of hydrogen-bond donors (Lipinski definition) is 3. The number of esters is 1. The fourth-order valence-electron chi connectivity index (χ4n) is 5.42. The van der Waals surface area contributed by atoms with Crippen LogP contribution in [-0.2, 0) is 17.5 Å². The molecule has 2 aliphatic carbocycles. The zero-order chi connectivity index (χ0) is 24.2. The van der Waals surface area contributed by atoms with E-state index in [0.717, 1.165) is 37.5 Å². The van der Waals surface area contributed by atoms with Gasteiger partial charge in [-0.15, -0.1) is 0 Å². The number of ether oxygens (including phenoxy) is 1. The van der Waals surface area contributed by atoms with Gasteiger partial charge < -0.3 is 20.3 Å². The largest absolute Gasteiger partial charge is 0.508 e. The number of fused-ring (bicyclic) bond motifs is 2. The van der Waals surface area contributed by atoms with E-state index in [2.05, 4.69) is 26.1 Å². The van der Waals surface area contributed by atoms with Crippen molar-refractivity contribution in [3.05, 3.63) is 53.1 Å². The fraction of sp³-hybridized carbons (Fsp3) is 0.480. The van der Waals surface area contributed by atoms with Crippen molar-refractivity contribution in [2.75, 3.05) is 5.32 Å². The Bertz CT molecular complexity index is 1080. The van der Waals surface area contributed by atoms with Crippen LogP contribution in [0.15, 0.2) is 36.4 Å². The molecule has 8 heteroatoms. The molecule has 3 unspecified atom stereocenters. The van der Waals surface area contributed by atoms with Crippen molar-refractivity contribution >= 4 is 11.7 Å². The third-order valence-corrected chi connectivity index (χ3v) is 8.07. The van der Waals surface area contributed by atoms with Crippen LogP contribution in [0, 0.1) is 16.7 Å². The maximum absolute atomic E-state index is 12.9. The van der Waals surface area contributed by atoms with Gasteiger partial charge in [-0.25, -0.2) is 4.79 Å². The van der Waals surface area contributed by atoms with Crippen molar-refractivity contribution in [1.82, 2.24) is 0 Å². The molecule has 2 aromatic rings. The van der Waals surface area contributed by atoms with Crippen LogP contribution >= 0.6 is 0 Å². The van der Waals surface area contributed by atoms with Gasteiger partial charge in [0.25, 0.3) is 0 Å². The Morgan fingerprint density at radius 1 is 1.12 bits per heavy atom. The molecule has 0 aromatic heterocycles. The van der Waals surface area contributed by atoms with Gasteiger partial charge in [0.15, 0.2) is 0 Å². The molecule has 33 heavy (non-hydrogen) atoms. The van der Waals surface area contributed by atoms with Crippen LogP contribution in [0.25, 0.3) is 0 Å². The van der Waals surface area contributed by atoms with Gasteiger partial charge in [-0.1, -0.05) is 20.8 Å². The number of alkyl halides is 3. The highest BCUT2D eigenvalue weighted by atomic mass is 19.4. The maximum Gasteiger partial charge on any atom is 0.416 e. The molecule has 2 bridgehead atoms. The number of phenolic OH excluding ortho intramolecular Hbond substituents is 2. The Kier molecular flexibility index (Phi) is 5.53. The predicted octanol–water partition coefficient (Wildman–Crippen LogP) is 6.10. The summed E-state index contributed by atoms with van der Waals surface area (Å²) >= 11 is 0. The molecule has 5 nitrogen and oxygen atoms in total. The highest BCUT2D eigenvalue weighted by Gasteiger charge is 2.62. The lowest BCUT2D eigenvalue weighted by atomic mass is 9.70. The van der Waals surface area contributed by atoms with E-state index in [-0.39, 0.29) is 46.1 Å². The summed E-state index contributed by atoms with van der Waals surface area (Å²) in [4.78, 5) is 12.8. The van der Waals surface area contributed by atoms with E-state index in [1.807, 2.05) is 0 Å². The lowest BCUT2D eigenvalue weighted by Gasteiger charge is -2.38. The zero-order valence-electron chi connectivity index (χ0n) is 18.8. The minimum atomic E-state index is -4.52. The van der Waals surface area contributed by atoms with Crippen LogP contribution in [0.1, 0.15) is 61.5 Å². The van der Waals surface area contributed by atoms with E-state index in [1.165, 1.54) is 18.2 Å². The molecule has 0 radical (unpaired) electrons. The second-order valence-corrected chi connectivity index (χ2v) is 9.93. The number of aromatic hydroxyl groups is 2. The van der Waals surface area contributed by atoms with Crippen molar-refractivity contribution < 1.29 is 32.9 Å². The van der Waals surface area contributed by atoms with E-state index >= 15 is 0 Å². The lowest BCUT2D eigenvalue weighted by Crippen LogP contribution is -2.38. The molecule has 4 rings (SSSR count). The molecule has 2 aromatic carbocycles. The fourth-order valence-corrected chi connectivity index (χ4v) is 5.42. The number of hydrogen-bond acceptors (Lipinski definition) is 5. The van der Waals surface area contributed by atoms with Crippen LogP contribution in [0.5, 0.6) is 11.5 Å². The Labute approximate surface area is 190 Å². The average Bonchev–Trinajstić information content (AvgIpc) is 3.06. The van der Waals surface area contributed by atoms with Gasteiger partial charge in [0.05, 0.1) is 5.56 Å². The number of nitrogens with one attached hydrogen (secondary N) is 1. The molecular formula is C25H28F3NO4. The smallest absolute Gasteiger partial charge is 0.416 e. The minimum Gasteiger partial charge on any atom is -0.508 e. The summed E-state index contributed by atoms with van der Waals surface area (Å²) in [6.45, 7) is 6.50. The first-order chi connectivity index (χ1) is 15.3. The second-order valence-electron chi connectivity index (χ2n) is 9.93. The molecule has 0 heterocycles. The summed E-state index contributed by atoms with van der Waals surface area (Å²) in [7, 11) is 0. The first kappa shape index (κ1) is 23.3. The van der Waals surface area contributed by atoms with E-state index in [9.17, 15) is 28.2 Å². The van der Waals surface area contributed by atoms with Crippen LogP contribution in [-0.4, -0.2) is 22.3 Å². The molecule has 3 atom stereocenters. The maximum atomic E-state index is 12.9. The summed E-state index contributed by atoms with van der Waals surface area (Å²) in [6, 6.07) is 6.94. The molecule has 3 N–H and O–H groups in total. The molecule has 2 saturated carbocycles. The van der Waals surface area contributed by atoms with Gasteiger partial charge in [-0.2, -0.15) is 13.2 Å². The SMILES string of the molecule is CC1(C)C2CCC1(C)C(OC(=O)c1ccc(NCc3cc(C(F)(F)F)ccc3O)cc1O)C2. The second kappa shape index (κ2) is 7.85. The van der Waals surface area contributed by atoms with Gasteiger partial charge >= 0.3 is 12.1 Å². The number of carbonyl (C=O) groups excluding carboxylic acids is 1. The topological polar surface area (TPSA) is 78.8 Å². The van der Waals surface area contributed by atoms with Crippen molar-refractivity contribution in [2.45, 2.75) is 58.9 Å². The summed E-state index contributed by atoms with van der Waals surface area (Å²) in [5.41, 5.74) is -0.406. The third kappa shape index (κ3) is 4.00. The van der Waals surface area contributed by atoms with E-state index < -0.39 is 17.7 Å². The Morgan fingerprint density at radius 3 is 2.42 bits per heavy atom. The predicted molar refractivity (Wildman–Crippen MR) is 117 cm³/mol. The quantitative estimate of drug-likeness (QED) is 0.467. The zero-order valence-corrected chi connectivity index (χ0v) is 18.8. The van der Waals surface area contributed by atoms with Crippen LogP contribution in [0.3, 0.4) is 0 Å². The van der Waals surface area contributed by atoms with Crippen LogP contribution < -0.4 is 5.32 Å². The third-order valence-electron chi connectivity index (χ3n) is 8.07. The lowest BCUT2D eigenvalue weighted by molar-refractivity contribution is -0.137. The normalized spacial score (nSPS) is 25.8. The molecule has 2 aliphatic rings. The highest BCUT2D eigenvalue weighted by molar-refractivity contribution is 5.93. The van der Waals surface area contributed by atoms with E-state index in [0.29, 0.717) is 11.6 Å². The molecule has 0 spiro atoms. The summed E-state index contributed by atoms with van der Waals surface area (Å²) in [6.07, 6.45) is -1.78. The van der Waals surface area contributed by atoms with Gasteiger partial charge in [-0.3, -0.25) is 0 Å². The highest BCUT2D eigenvalue weighted by Crippen LogP contribution is 2.66. The number of benzene rings is 2. The Balaban J connectivity index is 1.43. The molecule has 0 aliphatic heterocycles. The first-order valence-corrected chi connectivity index (χ1v) is 11.0. The molecule has 0 saturated heterocycles. The minimum absolute atomic E-state index is 0.0339. The van der Waals surface area contributed by atoms with Gasteiger partial charge in [0, 0.05) is 29.3 Å². The summed E-state index contributed by atoms with van der Waals surface area (Å²) in [5.74, 6) is -0.648. The van der Waals surface area contributed by atoms with Crippen molar-refractivity contribution in [3.63, 3.8) is 0 Å². The number of carbonyl (C=O) groups is 1. The van der Waals surface area contributed by atoms with Gasteiger partial charge in [-0.05, 0) is 60.9 Å². The molecular weight excluding hydrogens is 435 g/mol. The molecule has 178 valence electrons. The van der Waals surface area contributed by atoms with Crippen molar-refractivity contribution in [2.24, 2.45) is 16.7 Å². The van der Waals surface area contributed by atoms with Gasteiger partial charge in [0.2, 0.25) is 0 Å². The number of rotatable bonds is 5. The van der Waals surface area contributed by atoms with Crippen LogP contribution in [0.4, 0.5) is 18.9 Å². The number of halogens is 3. The van der Waals surface area contributed by atoms with Crippen molar-refractivity contribution in [3.8, 4) is 11.5 Å². The first-order valence-electron chi connectivity index (χ1n) is 11.0. The van der Waals surface area contributed by atoms with Gasteiger partial charge in [0.1, 0.15) is 23.2 Å². The monoisotopic (exact) mass is 463 g/mol. The summed E-state index contributed by atoms with van der Waals surface area (Å²) < 4.78 is 44.6. The van der Waals surface area contributed by atoms with E-state index in [4.69, 9.17) is 4.74 Å². The number of phenols is 2. The average molecular weight is 463 g/mol. The Hall–Kier alpha value is -2.90. The Morgan fingerprint density at radius 2 is 1.85 bits per heavy atom. The standard InChI is InChI=1S/C25H28F3NO4/c1-23(2)15-8-9-24(23,3)21(11-15)33-22(32)18-6-5-17(12-20(18)31)29-13-14-10-16(25(26,27)28)4-7-19(14)30/h4-7,10,12,15,21,29-31H,8-9,11,13H2,1-3H3. The molecule has 0 amide bonds.